The number of aromatic nitrogens is 1. The molecule has 3 heteroatoms. The van der Waals surface area contributed by atoms with Crippen molar-refractivity contribution in [3.05, 3.63) is 28.7 Å². The van der Waals surface area contributed by atoms with Gasteiger partial charge in [0.05, 0.1) is 5.69 Å². The van der Waals surface area contributed by atoms with Gasteiger partial charge in [-0.15, -0.1) is 0 Å². The molecule has 0 bridgehead atoms. The SMILES string of the molecule is CCCn1cc(NCC(C)CC)ccc1=O. The van der Waals surface area contributed by atoms with Crippen LogP contribution in [0.5, 0.6) is 0 Å². The number of nitrogens with zero attached hydrogens (tertiary/aromatic N) is 1. The second kappa shape index (κ2) is 6.36. The van der Waals surface area contributed by atoms with Crippen LogP contribution >= 0.6 is 0 Å². The van der Waals surface area contributed by atoms with Crippen LogP contribution in [0.2, 0.25) is 0 Å². The van der Waals surface area contributed by atoms with E-state index in [4.69, 9.17) is 0 Å². The first-order chi connectivity index (χ1) is 7.67. The molecule has 1 rings (SSSR count). The first-order valence-corrected chi connectivity index (χ1v) is 6.11. The fourth-order valence-electron chi connectivity index (χ4n) is 1.49. The first kappa shape index (κ1) is 12.8. The number of pyridine rings is 1. The highest BCUT2D eigenvalue weighted by Gasteiger charge is 2.00. The molecular formula is C13H22N2O. The van der Waals surface area contributed by atoms with Crippen molar-refractivity contribution in [2.75, 3.05) is 11.9 Å². The third-order valence-electron chi connectivity index (χ3n) is 2.80. The van der Waals surface area contributed by atoms with E-state index in [0.717, 1.165) is 25.2 Å². The van der Waals surface area contributed by atoms with Crippen molar-refractivity contribution in [2.24, 2.45) is 5.92 Å². The molecule has 1 unspecified atom stereocenters. The van der Waals surface area contributed by atoms with Gasteiger partial charge in [-0.3, -0.25) is 4.79 Å². The van der Waals surface area contributed by atoms with Crippen LogP contribution in [0.3, 0.4) is 0 Å². The zero-order valence-electron chi connectivity index (χ0n) is 10.5. The molecule has 0 aliphatic rings. The van der Waals surface area contributed by atoms with E-state index in [1.165, 1.54) is 6.42 Å². The van der Waals surface area contributed by atoms with Gasteiger partial charge in [-0.1, -0.05) is 27.2 Å². The van der Waals surface area contributed by atoms with Gasteiger partial charge in [-0.2, -0.15) is 0 Å². The Morgan fingerprint density at radius 3 is 2.75 bits per heavy atom. The summed E-state index contributed by atoms with van der Waals surface area (Å²) in [6, 6.07) is 3.49. The molecule has 0 fully saturated rings. The Morgan fingerprint density at radius 1 is 1.38 bits per heavy atom. The van der Waals surface area contributed by atoms with Gasteiger partial charge in [-0.05, 0) is 18.4 Å². The molecular weight excluding hydrogens is 200 g/mol. The van der Waals surface area contributed by atoms with Crippen LogP contribution in [-0.4, -0.2) is 11.1 Å². The van der Waals surface area contributed by atoms with E-state index in [-0.39, 0.29) is 5.56 Å². The third-order valence-corrected chi connectivity index (χ3v) is 2.80. The van der Waals surface area contributed by atoms with Gasteiger partial charge < -0.3 is 9.88 Å². The summed E-state index contributed by atoms with van der Waals surface area (Å²) >= 11 is 0. The Balaban J connectivity index is 2.67. The van der Waals surface area contributed by atoms with Crippen LogP contribution in [0.15, 0.2) is 23.1 Å². The second-order valence-electron chi connectivity index (χ2n) is 4.34. The molecule has 0 saturated heterocycles. The first-order valence-electron chi connectivity index (χ1n) is 6.11. The van der Waals surface area contributed by atoms with Crippen molar-refractivity contribution in [3.63, 3.8) is 0 Å². The van der Waals surface area contributed by atoms with Crippen molar-refractivity contribution >= 4 is 5.69 Å². The summed E-state index contributed by atoms with van der Waals surface area (Å²) in [7, 11) is 0. The Bertz CT molecular complexity index is 370. The summed E-state index contributed by atoms with van der Waals surface area (Å²) < 4.78 is 1.76. The lowest BCUT2D eigenvalue weighted by molar-refractivity contribution is 0.592. The quantitative estimate of drug-likeness (QED) is 0.803. The fraction of sp³-hybridized carbons (Fsp3) is 0.615. The van der Waals surface area contributed by atoms with Gasteiger partial charge in [0, 0.05) is 25.4 Å². The molecule has 3 nitrogen and oxygen atoms in total. The predicted octanol–water partition coefficient (Wildman–Crippen LogP) is 2.72. The van der Waals surface area contributed by atoms with Crippen LogP contribution in [0.1, 0.15) is 33.6 Å². The lowest BCUT2D eigenvalue weighted by Crippen LogP contribution is -2.19. The molecule has 0 amide bonds. The summed E-state index contributed by atoms with van der Waals surface area (Å²) in [4.78, 5) is 11.5. The van der Waals surface area contributed by atoms with E-state index in [2.05, 4.69) is 26.1 Å². The molecule has 1 atom stereocenters. The fourth-order valence-corrected chi connectivity index (χ4v) is 1.49. The van der Waals surface area contributed by atoms with Crippen LogP contribution in [0.25, 0.3) is 0 Å². The summed E-state index contributed by atoms with van der Waals surface area (Å²) in [6.45, 7) is 8.23. The lowest BCUT2D eigenvalue weighted by atomic mass is 10.1. The van der Waals surface area contributed by atoms with E-state index < -0.39 is 0 Å². The topological polar surface area (TPSA) is 34.0 Å². The van der Waals surface area contributed by atoms with Gasteiger partial charge in [0.1, 0.15) is 0 Å². The molecule has 1 heterocycles. The van der Waals surface area contributed by atoms with Crippen molar-refractivity contribution < 1.29 is 0 Å². The monoisotopic (exact) mass is 222 g/mol. The minimum absolute atomic E-state index is 0.0796. The van der Waals surface area contributed by atoms with Crippen molar-refractivity contribution in [1.29, 1.82) is 0 Å². The zero-order chi connectivity index (χ0) is 12.0. The van der Waals surface area contributed by atoms with Gasteiger partial charge in [0.2, 0.25) is 0 Å². The number of nitrogens with one attached hydrogen (secondary N) is 1. The largest absolute Gasteiger partial charge is 0.384 e. The summed E-state index contributed by atoms with van der Waals surface area (Å²) in [5.74, 6) is 0.659. The third kappa shape index (κ3) is 3.72. The highest BCUT2D eigenvalue weighted by atomic mass is 16.1. The average Bonchev–Trinajstić information content (AvgIpc) is 2.30. The lowest BCUT2D eigenvalue weighted by Gasteiger charge is -2.12. The van der Waals surface area contributed by atoms with E-state index in [1.54, 1.807) is 10.6 Å². The highest BCUT2D eigenvalue weighted by Crippen LogP contribution is 2.07. The maximum atomic E-state index is 11.5. The highest BCUT2D eigenvalue weighted by molar-refractivity contribution is 5.40. The molecule has 0 aliphatic carbocycles. The summed E-state index contributed by atoms with van der Waals surface area (Å²) in [5.41, 5.74) is 1.12. The van der Waals surface area contributed by atoms with Crippen LogP contribution in [-0.2, 0) is 6.54 Å². The van der Waals surface area contributed by atoms with Crippen molar-refractivity contribution in [3.8, 4) is 0 Å². The van der Waals surface area contributed by atoms with E-state index in [9.17, 15) is 4.79 Å². The molecule has 1 aromatic rings. The van der Waals surface area contributed by atoms with Gasteiger partial charge in [0.15, 0.2) is 0 Å². The van der Waals surface area contributed by atoms with E-state index in [1.807, 2.05) is 12.3 Å². The van der Waals surface area contributed by atoms with Gasteiger partial charge in [-0.25, -0.2) is 0 Å². The van der Waals surface area contributed by atoms with Crippen molar-refractivity contribution in [2.45, 2.75) is 40.2 Å². The van der Waals surface area contributed by atoms with E-state index in [0.29, 0.717) is 5.92 Å². The standard InChI is InChI=1S/C13H22N2O/c1-4-8-15-10-12(6-7-13(15)16)14-9-11(3)5-2/h6-7,10-11,14H,4-5,8-9H2,1-3H3. The Hall–Kier alpha value is -1.25. The normalized spacial score (nSPS) is 12.4. The Labute approximate surface area is 97.5 Å². The number of rotatable bonds is 6. The van der Waals surface area contributed by atoms with Crippen LogP contribution < -0.4 is 10.9 Å². The minimum atomic E-state index is 0.0796. The number of aryl methyl sites for hydroxylation is 1. The number of hydrogen-bond donors (Lipinski definition) is 1. The number of anilines is 1. The molecule has 90 valence electrons. The molecule has 0 aliphatic heterocycles. The Kier molecular flexibility index (Phi) is 5.09. The molecule has 1 aromatic heterocycles. The Morgan fingerprint density at radius 2 is 2.12 bits per heavy atom. The maximum absolute atomic E-state index is 11.5. The smallest absolute Gasteiger partial charge is 0.250 e. The molecule has 0 radical (unpaired) electrons. The minimum Gasteiger partial charge on any atom is -0.384 e. The second-order valence-corrected chi connectivity index (χ2v) is 4.34. The van der Waals surface area contributed by atoms with E-state index >= 15 is 0 Å². The summed E-state index contributed by atoms with van der Waals surface area (Å²) in [5, 5.41) is 3.36. The molecule has 1 N–H and O–H groups in total. The maximum Gasteiger partial charge on any atom is 0.250 e. The zero-order valence-corrected chi connectivity index (χ0v) is 10.5. The average molecular weight is 222 g/mol. The van der Waals surface area contributed by atoms with Gasteiger partial charge >= 0.3 is 0 Å². The van der Waals surface area contributed by atoms with Crippen LogP contribution in [0.4, 0.5) is 5.69 Å². The predicted molar refractivity (Wildman–Crippen MR) is 68.9 cm³/mol. The van der Waals surface area contributed by atoms with Gasteiger partial charge in [0.25, 0.3) is 5.56 Å². The molecule has 16 heavy (non-hydrogen) atoms. The van der Waals surface area contributed by atoms with Crippen LogP contribution in [0, 0.1) is 5.92 Å². The molecule has 0 saturated carbocycles. The van der Waals surface area contributed by atoms with Crippen molar-refractivity contribution in [1.82, 2.24) is 4.57 Å². The molecule has 0 spiro atoms. The molecule has 0 aromatic carbocycles. The summed E-state index contributed by atoms with van der Waals surface area (Å²) in [6.07, 6.45) is 4.06. The number of hydrogen-bond acceptors (Lipinski definition) is 2.